The standard InChI is InChI=1S/C30H56O7Si2/c1-27(2,3)38(8,9)36-19-24-29(7,21-35-22-34-18-23-15-13-12-14-16-23)26(17-25(32)30(24,33)20-31)37-39(10,11)28(4,5)6/h12-16,24-26,31-33H,17-22H2,1-11H3/t24-,25-,26?,29-,30+/m0/s1. The van der Waals surface area contributed by atoms with Crippen LogP contribution in [0.1, 0.15) is 60.5 Å². The van der Waals surface area contributed by atoms with E-state index >= 15 is 0 Å². The maximum Gasteiger partial charge on any atom is 0.192 e. The third kappa shape index (κ3) is 8.02. The molecule has 3 N–H and O–H groups in total. The number of benzene rings is 1. The summed E-state index contributed by atoms with van der Waals surface area (Å²) in [5, 5.41) is 33.4. The van der Waals surface area contributed by atoms with Crippen LogP contribution >= 0.6 is 0 Å². The Kier molecular flexibility index (Phi) is 11.3. The van der Waals surface area contributed by atoms with Gasteiger partial charge in [0.05, 0.1) is 32.0 Å². The van der Waals surface area contributed by atoms with Gasteiger partial charge in [0.2, 0.25) is 0 Å². The van der Waals surface area contributed by atoms with Gasteiger partial charge in [-0.1, -0.05) is 78.8 Å². The molecule has 0 aliphatic heterocycles. The molecule has 1 aliphatic carbocycles. The van der Waals surface area contributed by atoms with Crippen molar-refractivity contribution >= 4 is 16.6 Å². The minimum absolute atomic E-state index is 0.0349. The van der Waals surface area contributed by atoms with Crippen molar-refractivity contribution < 1.29 is 33.6 Å². The number of rotatable bonds is 12. The van der Waals surface area contributed by atoms with Gasteiger partial charge in [0.1, 0.15) is 12.4 Å². The van der Waals surface area contributed by atoms with Gasteiger partial charge in [-0.05, 0) is 41.8 Å². The van der Waals surface area contributed by atoms with Gasteiger partial charge in [-0.2, -0.15) is 0 Å². The number of hydrogen-bond acceptors (Lipinski definition) is 7. The van der Waals surface area contributed by atoms with Crippen molar-refractivity contribution in [2.75, 3.05) is 26.6 Å². The number of aliphatic hydroxyl groups is 3. The second-order valence-corrected chi connectivity index (χ2v) is 24.3. The quantitative estimate of drug-likeness (QED) is 0.165. The van der Waals surface area contributed by atoms with Gasteiger partial charge in [-0.25, -0.2) is 0 Å². The molecule has 1 aromatic carbocycles. The first-order chi connectivity index (χ1) is 17.7. The number of ether oxygens (including phenoxy) is 2. The molecule has 1 unspecified atom stereocenters. The van der Waals surface area contributed by atoms with Crippen LogP contribution in [0, 0.1) is 11.3 Å². The zero-order chi connectivity index (χ0) is 29.9. The van der Waals surface area contributed by atoms with Crippen LogP contribution in [0.2, 0.25) is 36.3 Å². The van der Waals surface area contributed by atoms with Gasteiger partial charge in [0.25, 0.3) is 0 Å². The minimum atomic E-state index is -2.26. The summed E-state index contributed by atoms with van der Waals surface area (Å²) in [4.78, 5) is 0. The van der Waals surface area contributed by atoms with Crippen molar-refractivity contribution in [2.45, 2.75) is 116 Å². The Bertz CT molecular complexity index is 897. The monoisotopic (exact) mass is 584 g/mol. The average Bonchev–Trinajstić information content (AvgIpc) is 2.81. The first-order valence-corrected chi connectivity index (χ1v) is 20.1. The molecule has 0 amide bonds. The highest BCUT2D eigenvalue weighted by atomic mass is 28.4. The van der Waals surface area contributed by atoms with Gasteiger partial charge in [0.15, 0.2) is 16.6 Å². The van der Waals surface area contributed by atoms with E-state index in [9.17, 15) is 15.3 Å². The summed E-state index contributed by atoms with van der Waals surface area (Å²) in [6.07, 6.45) is -1.36. The molecule has 0 saturated heterocycles. The fourth-order valence-corrected chi connectivity index (χ4v) is 7.17. The zero-order valence-corrected chi connectivity index (χ0v) is 28.3. The SMILES string of the molecule is CC(C)(C)[Si](C)(C)OC[C@@H]1[C@](O)(CO)[C@@H](O)CC(O[Si](C)(C)C(C)(C)C)[C@@]1(C)COCOCc1ccccc1. The van der Waals surface area contributed by atoms with Crippen molar-refractivity contribution in [3.8, 4) is 0 Å². The van der Waals surface area contributed by atoms with Crippen LogP contribution in [-0.4, -0.2) is 76.4 Å². The zero-order valence-electron chi connectivity index (χ0n) is 26.3. The Balaban J connectivity index is 2.38. The molecule has 1 aromatic rings. The van der Waals surface area contributed by atoms with E-state index in [1.54, 1.807) is 0 Å². The summed E-state index contributed by atoms with van der Waals surface area (Å²) >= 11 is 0. The second-order valence-electron chi connectivity index (χ2n) is 14.7. The van der Waals surface area contributed by atoms with Crippen molar-refractivity contribution in [1.29, 1.82) is 0 Å². The molecular weight excluding hydrogens is 528 g/mol. The number of aliphatic hydroxyl groups excluding tert-OH is 2. The Labute approximate surface area is 239 Å². The van der Waals surface area contributed by atoms with E-state index < -0.39 is 52.4 Å². The lowest BCUT2D eigenvalue weighted by atomic mass is 9.58. The summed E-state index contributed by atoms with van der Waals surface area (Å²) in [7, 11) is -4.46. The van der Waals surface area contributed by atoms with E-state index in [1.807, 2.05) is 37.3 Å². The van der Waals surface area contributed by atoms with Crippen molar-refractivity contribution in [3.05, 3.63) is 35.9 Å². The maximum absolute atomic E-state index is 11.8. The van der Waals surface area contributed by atoms with Gasteiger partial charge in [-0.3, -0.25) is 0 Å². The lowest BCUT2D eigenvalue weighted by Crippen LogP contribution is -2.69. The third-order valence-corrected chi connectivity index (χ3v) is 18.7. The molecule has 0 spiro atoms. The van der Waals surface area contributed by atoms with Gasteiger partial charge < -0.3 is 33.6 Å². The Morgan fingerprint density at radius 3 is 2.00 bits per heavy atom. The van der Waals surface area contributed by atoms with Crippen molar-refractivity contribution in [3.63, 3.8) is 0 Å². The van der Waals surface area contributed by atoms with Crippen LogP contribution < -0.4 is 0 Å². The lowest BCUT2D eigenvalue weighted by Gasteiger charge is -2.58. The van der Waals surface area contributed by atoms with E-state index in [4.69, 9.17) is 18.3 Å². The molecule has 5 atom stereocenters. The molecule has 2 rings (SSSR count). The van der Waals surface area contributed by atoms with Crippen LogP contribution in [0.5, 0.6) is 0 Å². The van der Waals surface area contributed by atoms with E-state index in [-0.39, 0.29) is 36.5 Å². The van der Waals surface area contributed by atoms with Gasteiger partial charge in [-0.15, -0.1) is 0 Å². The predicted octanol–water partition coefficient (Wildman–Crippen LogP) is 5.70. The van der Waals surface area contributed by atoms with Crippen molar-refractivity contribution in [1.82, 2.24) is 0 Å². The van der Waals surface area contributed by atoms with Crippen LogP contribution in [-0.2, 0) is 24.9 Å². The Morgan fingerprint density at radius 2 is 1.49 bits per heavy atom. The highest BCUT2D eigenvalue weighted by Gasteiger charge is 2.61. The van der Waals surface area contributed by atoms with Crippen LogP contribution in [0.15, 0.2) is 30.3 Å². The molecule has 0 aromatic heterocycles. The lowest BCUT2D eigenvalue weighted by molar-refractivity contribution is -0.248. The molecule has 1 saturated carbocycles. The number of hydrogen-bond donors (Lipinski definition) is 3. The molecule has 0 bridgehead atoms. The van der Waals surface area contributed by atoms with Crippen LogP contribution in [0.3, 0.4) is 0 Å². The summed E-state index contributed by atoms with van der Waals surface area (Å²) in [6, 6.07) is 9.92. The normalized spacial score (nSPS) is 29.0. The summed E-state index contributed by atoms with van der Waals surface area (Å²) in [6.45, 7) is 24.2. The molecule has 0 radical (unpaired) electrons. The fraction of sp³-hybridized carbons (Fsp3) is 0.800. The molecule has 1 aliphatic rings. The van der Waals surface area contributed by atoms with Gasteiger partial charge in [0, 0.05) is 24.4 Å². The molecule has 1 fully saturated rings. The molecular formula is C30H56O7Si2. The first-order valence-electron chi connectivity index (χ1n) is 14.2. The Hall–Kier alpha value is -0.626. The molecule has 0 heterocycles. The summed E-state index contributed by atoms with van der Waals surface area (Å²) in [5.41, 5.74) is -1.45. The van der Waals surface area contributed by atoms with E-state index in [0.29, 0.717) is 6.61 Å². The van der Waals surface area contributed by atoms with E-state index in [1.165, 1.54) is 0 Å². The van der Waals surface area contributed by atoms with Crippen molar-refractivity contribution in [2.24, 2.45) is 11.3 Å². The fourth-order valence-electron chi connectivity index (χ4n) is 4.73. The highest BCUT2D eigenvalue weighted by Crippen LogP contribution is 2.51. The second kappa shape index (κ2) is 12.7. The summed E-state index contributed by atoms with van der Waals surface area (Å²) in [5.74, 6) is -0.628. The highest BCUT2D eigenvalue weighted by molar-refractivity contribution is 6.74. The van der Waals surface area contributed by atoms with Crippen LogP contribution in [0.4, 0.5) is 0 Å². The third-order valence-electron chi connectivity index (χ3n) is 9.75. The van der Waals surface area contributed by atoms with E-state index in [0.717, 1.165) is 5.56 Å². The van der Waals surface area contributed by atoms with Gasteiger partial charge >= 0.3 is 0 Å². The molecule has 39 heavy (non-hydrogen) atoms. The average molecular weight is 585 g/mol. The molecule has 9 heteroatoms. The minimum Gasteiger partial charge on any atom is -0.416 e. The van der Waals surface area contributed by atoms with Crippen LogP contribution in [0.25, 0.3) is 0 Å². The first kappa shape index (κ1) is 34.6. The Morgan fingerprint density at radius 1 is 0.923 bits per heavy atom. The maximum atomic E-state index is 11.8. The topological polar surface area (TPSA) is 97.6 Å². The largest absolute Gasteiger partial charge is 0.416 e. The smallest absolute Gasteiger partial charge is 0.192 e. The summed E-state index contributed by atoms with van der Waals surface area (Å²) < 4.78 is 25.5. The predicted molar refractivity (Wildman–Crippen MR) is 162 cm³/mol. The molecule has 7 nitrogen and oxygen atoms in total. The molecule has 226 valence electrons. The van der Waals surface area contributed by atoms with E-state index in [2.05, 4.69) is 67.7 Å².